The first-order chi connectivity index (χ1) is 19.7. The normalized spacial score (nSPS) is 19.5. The number of hydrogen-bond donors (Lipinski definition) is 2. The molecule has 41 heavy (non-hydrogen) atoms. The van der Waals surface area contributed by atoms with Gasteiger partial charge in [0.05, 0.1) is 30.2 Å². The number of amides is 1. The maximum Gasteiger partial charge on any atom is 0.293 e. The Bertz CT molecular complexity index is 1530. The minimum absolute atomic E-state index is 0.0491. The molecule has 2 atom stereocenters. The maximum absolute atomic E-state index is 13.2. The highest BCUT2D eigenvalue weighted by Gasteiger charge is 2.31. The molecule has 4 aromatic rings. The summed E-state index contributed by atoms with van der Waals surface area (Å²) in [7, 11) is 1.86. The lowest BCUT2D eigenvalue weighted by Gasteiger charge is -2.26. The third-order valence-electron chi connectivity index (χ3n) is 7.51. The lowest BCUT2D eigenvalue weighted by molar-refractivity contribution is 0.0915. The van der Waals surface area contributed by atoms with Crippen molar-refractivity contribution in [2.24, 2.45) is 7.05 Å². The number of nitrogens with zero attached hydrogens (tertiary/aromatic N) is 7. The zero-order valence-corrected chi connectivity index (χ0v) is 23.8. The monoisotopic (exact) mass is 557 g/mol. The Morgan fingerprint density at radius 2 is 2.02 bits per heavy atom. The van der Waals surface area contributed by atoms with Crippen molar-refractivity contribution in [3.63, 3.8) is 0 Å². The van der Waals surface area contributed by atoms with E-state index in [-0.39, 0.29) is 23.2 Å². The molecule has 0 aliphatic carbocycles. The number of carbonyl (C=O) groups is 1. The van der Waals surface area contributed by atoms with Gasteiger partial charge in [-0.3, -0.25) is 14.4 Å². The van der Waals surface area contributed by atoms with Crippen LogP contribution in [-0.4, -0.2) is 66.5 Å². The van der Waals surface area contributed by atoms with Crippen LogP contribution in [0.4, 0.5) is 11.6 Å². The molecule has 6 rings (SSSR count). The zero-order chi connectivity index (χ0) is 28.6. The largest absolute Gasteiger partial charge is 0.380 e. The van der Waals surface area contributed by atoms with E-state index in [1.54, 1.807) is 17.1 Å². The van der Waals surface area contributed by atoms with E-state index in [4.69, 9.17) is 14.2 Å². The fourth-order valence-electron chi connectivity index (χ4n) is 5.30. The summed E-state index contributed by atoms with van der Waals surface area (Å²) in [6.07, 6.45) is 7.10. The molecule has 1 saturated heterocycles. The van der Waals surface area contributed by atoms with Gasteiger partial charge in [-0.25, -0.2) is 9.97 Å². The Morgan fingerprint density at radius 1 is 1.15 bits per heavy atom. The number of rotatable bonds is 6. The SMILES string of the molecule is Cn1cc(Nc2nccc(-c3ccc4c(c3)CN(C3CCOC3)CCC4NC(=O)c3noc(C(C)(C)C)n3)n2)cn1. The van der Waals surface area contributed by atoms with E-state index in [0.29, 0.717) is 17.9 Å². The third-order valence-corrected chi connectivity index (χ3v) is 7.51. The van der Waals surface area contributed by atoms with E-state index in [9.17, 15) is 4.79 Å². The first-order valence-corrected chi connectivity index (χ1v) is 13.9. The Kier molecular flexibility index (Phi) is 7.26. The van der Waals surface area contributed by atoms with Crippen molar-refractivity contribution in [3.05, 3.63) is 65.7 Å². The van der Waals surface area contributed by atoms with Gasteiger partial charge in [0.25, 0.3) is 11.7 Å². The predicted molar refractivity (Wildman–Crippen MR) is 151 cm³/mol. The molecule has 5 heterocycles. The van der Waals surface area contributed by atoms with Crippen molar-refractivity contribution in [1.82, 2.24) is 40.1 Å². The summed E-state index contributed by atoms with van der Waals surface area (Å²) in [5.41, 5.74) is 4.47. The summed E-state index contributed by atoms with van der Waals surface area (Å²) in [5.74, 6) is 0.634. The van der Waals surface area contributed by atoms with E-state index >= 15 is 0 Å². The second-order valence-corrected chi connectivity index (χ2v) is 11.7. The van der Waals surface area contributed by atoms with Crippen LogP contribution in [0.1, 0.15) is 67.3 Å². The highest BCUT2D eigenvalue weighted by Crippen LogP contribution is 2.33. The van der Waals surface area contributed by atoms with Gasteiger partial charge in [-0.15, -0.1) is 0 Å². The average Bonchev–Trinajstić information content (AvgIpc) is 3.71. The van der Waals surface area contributed by atoms with Gasteiger partial charge >= 0.3 is 0 Å². The smallest absolute Gasteiger partial charge is 0.293 e. The molecule has 0 radical (unpaired) electrons. The maximum atomic E-state index is 13.2. The van der Waals surface area contributed by atoms with Crippen molar-refractivity contribution >= 4 is 17.5 Å². The van der Waals surface area contributed by atoms with Gasteiger partial charge in [-0.2, -0.15) is 10.1 Å². The fourth-order valence-corrected chi connectivity index (χ4v) is 5.30. The molecule has 3 aromatic heterocycles. The summed E-state index contributed by atoms with van der Waals surface area (Å²) in [6, 6.07) is 8.36. The molecule has 214 valence electrons. The van der Waals surface area contributed by atoms with Gasteiger partial charge < -0.3 is 19.9 Å². The molecule has 2 N–H and O–H groups in total. The fraction of sp³-hybridized carbons (Fsp3) is 0.448. The van der Waals surface area contributed by atoms with Gasteiger partial charge in [-0.1, -0.05) is 38.1 Å². The Balaban J connectivity index is 1.28. The van der Waals surface area contributed by atoms with Crippen LogP contribution in [0.2, 0.25) is 0 Å². The molecule has 0 bridgehead atoms. The van der Waals surface area contributed by atoms with Crippen molar-refractivity contribution in [2.75, 3.05) is 25.1 Å². The standard InChI is InChI=1S/C29H35N9O3/c1-29(2,3)27-35-25(36-41-27)26(39)33-24-8-11-38(21-9-12-40-17-21)15-19-13-18(5-6-22(19)24)23-7-10-30-28(34-23)32-20-14-31-37(4)16-20/h5-7,10,13-14,16,21,24H,8-9,11-12,15,17H2,1-4H3,(H,33,39)(H,30,32,34). The van der Waals surface area contributed by atoms with E-state index in [2.05, 4.69) is 54.0 Å². The van der Waals surface area contributed by atoms with Crippen LogP contribution in [0, 0.1) is 0 Å². The molecule has 2 unspecified atom stereocenters. The minimum atomic E-state index is -0.344. The molecule has 1 fully saturated rings. The number of fused-ring (bicyclic) bond motifs is 1. The second-order valence-electron chi connectivity index (χ2n) is 11.7. The van der Waals surface area contributed by atoms with E-state index in [1.807, 2.05) is 40.1 Å². The minimum Gasteiger partial charge on any atom is -0.380 e. The van der Waals surface area contributed by atoms with Crippen LogP contribution >= 0.6 is 0 Å². The zero-order valence-electron chi connectivity index (χ0n) is 23.8. The molecular formula is C29H35N9O3. The number of carbonyl (C=O) groups excluding carboxylic acids is 1. The topological polar surface area (TPSA) is 136 Å². The van der Waals surface area contributed by atoms with Crippen LogP contribution in [0.5, 0.6) is 0 Å². The third kappa shape index (κ3) is 5.98. The van der Waals surface area contributed by atoms with Crippen molar-refractivity contribution in [3.8, 4) is 11.3 Å². The number of benzene rings is 1. The van der Waals surface area contributed by atoms with Crippen molar-refractivity contribution < 1.29 is 14.1 Å². The lowest BCUT2D eigenvalue weighted by atomic mass is 9.96. The molecule has 12 nitrogen and oxygen atoms in total. The summed E-state index contributed by atoms with van der Waals surface area (Å²) in [5, 5.41) is 14.5. The summed E-state index contributed by atoms with van der Waals surface area (Å²) in [4.78, 5) is 29.2. The van der Waals surface area contributed by atoms with Gasteiger partial charge in [0.1, 0.15) is 0 Å². The molecular weight excluding hydrogens is 522 g/mol. The van der Waals surface area contributed by atoms with Crippen molar-refractivity contribution in [2.45, 2.75) is 57.7 Å². The number of ether oxygens (including phenoxy) is 1. The molecule has 2 aliphatic rings. The van der Waals surface area contributed by atoms with Crippen LogP contribution in [0.3, 0.4) is 0 Å². The highest BCUT2D eigenvalue weighted by atomic mass is 16.5. The van der Waals surface area contributed by atoms with Crippen molar-refractivity contribution in [1.29, 1.82) is 0 Å². The van der Waals surface area contributed by atoms with Gasteiger partial charge in [0.15, 0.2) is 0 Å². The van der Waals surface area contributed by atoms with E-state index in [0.717, 1.165) is 67.2 Å². The van der Waals surface area contributed by atoms with Crippen LogP contribution in [0.25, 0.3) is 11.3 Å². The summed E-state index contributed by atoms with van der Waals surface area (Å²) in [6.45, 7) is 8.99. The number of nitrogens with one attached hydrogen (secondary N) is 2. The van der Waals surface area contributed by atoms with E-state index in [1.165, 1.54) is 0 Å². The first kappa shape index (κ1) is 27.0. The molecule has 1 aromatic carbocycles. The summed E-state index contributed by atoms with van der Waals surface area (Å²) >= 11 is 0. The van der Waals surface area contributed by atoms with Crippen LogP contribution in [-0.2, 0) is 23.7 Å². The van der Waals surface area contributed by atoms with Gasteiger partial charge in [0.2, 0.25) is 11.8 Å². The average molecular weight is 558 g/mol. The Hall–Kier alpha value is -4.16. The molecule has 1 amide bonds. The highest BCUT2D eigenvalue weighted by molar-refractivity contribution is 5.90. The number of aryl methyl sites for hydroxylation is 1. The lowest BCUT2D eigenvalue weighted by Crippen LogP contribution is -2.36. The van der Waals surface area contributed by atoms with Gasteiger partial charge in [0, 0.05) is 56.2 Å². The predicted octanol–water partition coefficient (Wildman–Crippen LogP) is 3.77. The first-order valence-electron chi connectivity index (χ1n) is 13.9. The Labute approximate surface area is 238 Å². The molecule has 2 aliphatic heterocycles. The van der Waals surface area contributed by atoms with E-state index < -0.39 is 0 Å². The quantitative estimate of drug-likeness (QED) is 0.361. The van der Waals surface area contributed by atoms with Crippen LogP contribution < -0.4 is 10.6 Å². The van der Waals surface area contributed by atoms with Crippen LogP contribution in [0.15, 0.2) is 47.4 Å². The number of hydrogen-bond acceptors (Lipinski definition) is 10. The summed E-state index contributed by atoms with van der Waals surface area (Å²) < 4.78 is 12.8. The second kappa shape index (κ2) is 11.0. The number of anilines is 2. The number of aromatic nitrogens is 6. The Morgan fingerprint density at radius 3 is 2.76 bits per heavy atom. The molecule has 0 spiro atoms. The molecule has 12 heteroatoms. The molecule has 0 saturated carbocycles. The van der Waals surface area contributed by atoms with Gasteiger partial charge in [-0.05, 0) is 36.1 Å².